The molecule has 0 fully saturated rings. The van der Waals surface area contributed by atoms with Gasteiger partial charge in [-0.3, -0.25) is 9.97 Å². The monoisotopic (exact) mass is 530 g/mol. The molecule has 2 nitrogen and oxygen atoms in total. The summed E-state index contributed by atoms with van der Waals surface area (Å²) in [6.07, 6.45) is 3.54. The average Bonchev–Trinajstić information content (AvgIpc) is 2.77. The van der Waals surface area contributed by atoms with Gasteiger partial charge in [0.15, 0.2) is 0 Å². The van der Waals surface area contributed by atoms with Crippen molar-refractivity contribution in [2.45, 2.75) is 8.87 Å². The van der Waals surface area contributed by atoms with Crippen LogP contribution in [0, 0.1) is 0 Å². The van der Waals surface area contributed by atoms with Gasteiger partial charge in [-0.05, 0) is 24.3 Å². The van der Waals surface area contributed by atoms with Crippen molar-refractivity contribution in [2.75, 3.05) is 0 Å². The van der Waals surface area contributed by atoms with Crippen LogP contribution in [0.2, 0.25) is 0 Å². The SMILES string of the molecule is Cl.Cl.c1ccc(-c2ccccn2)nc1.c1ccc([CH2][Sn+2][CH2]c2ccccc2)cc1. The van der Waals surface area contributed by atoms with Crippen LogP contribution < -0.4 is 0 Å². The molecular weight excluding hydrogens is 506 g/mol. The summed E-state index contributed by atoms with van der Waals surface area (Å²) in [7, 11) is 0. The zero-order chi connectivity index (χ0) is 18.6. The van der Waals surface area contributed by atoms with E-state index in [9.17, 15) is 0 Å². The van der Waals surface area contributed by atoms with E-state index < -0.39 is 0 Å². The first kappa shape index (κ1) is 25.2. The minimum absolute atomic E-state index is 0. The Hall–Kier alpha value is -1.88. The number of benzene rings is 2. The van der Waals surface area contributed by atoms with E-state index in [1.165, 1.54) is 20.0 Å². The first-order valence-electron chi connectivity index (χ1n) is 9.03. The van der Waals surface area contributed by atoms with Crippen molar-refractivity contribution in [3.8, 4) is 11.4 Å². The first-order valence-corrected chi connectivity index (χ1v) is 13.1. The molecule has 5 heteroatoms. The summed E-state index contributed by atoms with van der Waals surface area (Å²) in [6, 6.07) is 33.3. The van der Waals surface area contributed by atoms with E-state index >= 15 is 0 Å². The number of halogens is 2. The van der Waals surface area contributed by atoms with Gasteiger partial charge in [-0.2, -0.15) is 0 Å². The summed E-state index contributed by atoms with van der Waals surface area (Å²) in [5, 5.41) is 0. The fourth-order valence-corrected chi connectivity index (χ4v) is 5.92. The normalized spacial score (nSPS) is 8.97. The Bertz CT molecular complexity index is 816. The molecule has 0 unspecified atom stereocenters. The molecule has 146 valence electrons. The average molecular weight is 530 g/mol. The minimum atomic E-state index is -0.258. The maximum atomic E-state index is 4.19. The number of hydrogen-bond acceptors (Lipinski definition) is 2. The Balaban J connectivity index is 0.000000277. The van der Waals surface area contributed by atoms with Crippen molar-refractivity contribution in [1.82, 2.24) is 9.97 Å². The molecule has 0 N–H and O–H groups in total. The second-order valence-electron chi connectivity index (χ2n) is 6.00. The molecule has 0 spiro atoms. The third-order valence-electron chi connectivity index (χ3n) is 3.94. The van der Waals surface area contributed by atoms with Crippen LogP contribution in [0.5, 0.6) is 0 Å². The zero-order valence-electron chi connectivity index (χ0n) is 16.0. The van der Waals surface area contributed by atoms with Crippen LogP contribution >= 0.6 is 24.8 Å². The molecule has 4 rings (SSSR count). The van der Waals surface area contributed by atoms with Crippen molar-refractivity contribution < 1.29 is 0 Å². The molecule has 2 heterocycles. The fraction of sp³-hybridized carbons (Fsp3) is 0.0833. The molecule has 0 radical (unpaired) electrons. The van der Waals surface area contributed by atoms with Crippen molar-refractivity contribution >= 4 is 46.0 Å². The second-order valence-corrected chi connectivity index (χ2v) is 9.45. The van der Waals surface area contributed by atoms with Gasteiger partial charge in [0.2, 0.25) is 0 Å². The van der Waals surface area contributed by atoms with Crippen molar-refractivity contribution in [1.29, 1.82) is 0 Å². The van der Waals surface area contributed by atoms with E-state index in [1.54, 1.807) is 12.4 Å². The molecule has 4 aromatic rings. The van der Waals surface area contributed by atoms with Gasteiger partial charge in [0.1, 0.15) is 0 Å². The first-order chi connectivity index (χ1) is 13.4. The quantitative estimate of drug-likeness (QED) is 0.293. The van der Waals surface area contributed by atoms with Crippen molar-refractivity contribution in [3.05, 3.63) is 121 Å². The molecule has 0 saturated carbocycles. The topological polar surface area (TPSA) is 25.8 Å². The molecular formula is C24H24Cl2N2Sn+2. The van der Waals surface area contributed by atoms with Crippen LogP contribution in [0.1, 0.15) is 11.1 Å². The Morgan fingerprint density at radius 1 is 0.483 bits per heavy atom. The molecule has 29 heavy (non-hydrogen) atoms. The fourth-order valence-electron chi connectivity index (χ4n) is 2.57. The van der Waals surface area contributed by atoms with Gasteiger partial charge < -0.3 is 0 Å². The van der Waals surface area contributed by atoms with Crippen LogP contribution in [-0.2, 0) is 8.87 Å². The van der Waals surface area contributed by atoms with E-state index in [0.29, 0.717) is 0 Å². The Morgan fingerprint density at radius 3 is 1.21 bits per heavy atom. The van der Waals surface area contributed by atoms with Crippen LogP contribution in [0.3, 0.4) is 0 Å². The summed E-state index contributed by atoms with van der Waals surface area (Å²) in [5.41, 5.74) is 4.86. The third-order valence-corrected chi connectivity index (χ3v) is 7.69. The summed E-state index contributed by atoms with van der Waals surface area (Å²) in [4.78, 5) is 8.37. The van der Waals surface area contributed by atoms with Crippen LogP contribution in [0.4, 0.5) is 0 Å². The van der Waals surface area contributed by atoms with Crippen molar-refractivity contribution in [3.63, 3.8) is 0 Å². The van der Waals surface area contributed by atoms with Gasteiger partial charge in [-0.25, -0.2) is 0 Å². The van der Waals surface area contributed by atoms with E-state index in [2.05, 4.69) is 70.6 Å². The molecule has 0 bridgehead atoms. The standard InChI is InChI=1S/C10H8N2.2C7H7.2ClH.Sn/c1-3-7-11-9(5-1)10-6-2-4-8-12-10;2*1-7-5-3-2-4-6-7;;;/h1-8H;2*2-6H,1H2;2*1H;/q;;;;;+2. The second kappa shape index (κ2) is 15.0. The number of pyridine rings is 2. The molecule has 2 aromatic carbocycles. The van der Waals surface area contributed by atoms with Crippen LogP contribution in [0.25, 0.3) is 11.4 Å². The molecule has 0 saturated heterocycles. The van der Waals surface area contributed by atoms with Crippen LogP contribution in [-0.4, -0.2) is 31.1 Å². The maximum absolute atomic E-state index is 4.19. The van der Waals surface area contributed by atoms with E-state index in [1.807, 2.05) is 36.4 Å². The summed E-state index contributed by atoms with van der Waals surface area (Å²) in [5.74, 6) is 0. The van der Waals surface area contributed by atoms with E-state index in [-0.39, 0.29) is 46.0 Å². The number of nitrogens with zero attached hydrogens (tertiary/aromatic N) is 2. The predicted molar refractivity (Wildman–Crippen MR) is 128 cm³/mol. The molecule has 0 aliphatic heterocycles. The third kappa shape index (κ3) is 9.44. The Labute approximate surface area is 195 Å². The predicted octanol–water partition coefficient (Wildman–Crippen LogP) is 6.08. The Kier molecular flexibility index (Phi) is 13.0. The molecule has 0 aliphatic carbocycles. The van der Waals surface area contributed by atoms with Crippen LogP contribution in [0.15, 0.2) is 109 Å². The van der Waals surface area contributed by atoms with Gasteiger partial charge in [0.25, 0.3) is 0 Å². The molecule has 0 amide bonds. The molecule has 2 aromatic heterocycles. The van der Waals surface area contributed by atoms with Gasteiger partial charge in [0.05, 0.1) is 11.4 Å². The summed E-state index contributed by atoms with van der Waals surface area (Å²) >= 11 is -0.258. The van der Waals surface area contributed by atoms with Gasteiger partial charge in [-0.1, -0.05) is 12.1 Å². The Morgan fingerprint density at radius 2 is 0.862 bits per heavy atom. The van der Waals surface area contributed by atoms with Gasteiger partial charge >= 0.3 is 102 Å². The zero-order valence-corrected chi connectivity index (χ0v) is 20.5. The van der Waals surface area contributed by atoms with Crippen molar-refractivity contribution in [2.24, 2.45) is 0 Å². The van der Waals surface area contributed by atoms with Gasteiger partial charge in [0, 0.05) is 12.4 Å². The molecule has 0 atom stereocenters. The number of aromatic nitrogens is 2. The van der Waals surface area contributed by atoms with E-state index in [4.69, 9.17) is 0 Å². The summed E-state index contributed by atoms with van der Waals surface area (Å²) < 4.78 is 2.69. The van der Waals surface area contributed by atoms with Gasteiger partial charge in [-0.15, -0.1) is 24.8 Å². The van der Waals surface area contributed by atoms with E-state index in [0.717, 1.165) is 11.4 Å². The number of rotatable bonds is 5. The molecule has 0 aliphatic rings. The number of hydrogen-bond donors (Lipinski definition) is 0. The summed E-state index contributed by atoms with van der Waals surface area (Å²) in [6.45, 7) is 0.